The lowest BCUT2D eigenvalue weighted by atomic mass is 10.2. The molecule has 0 saturated carbocycles. The molecular weight excluding hydrogens is 348 g/mol. The minimum atomic E-state index is -2.17. The molecule has 10 heteroatoms. The van der Waals surface area contributed by atoms with Crippen molar-refractivity contribution in [2.45, 2.75) is 23.2 Å². The van der Waals surface area contributed by atoms with Gasteiger partial charge in [-0.3, -0.25) is 9.59 Å². The van der Waals surface area contributed by atoms with Crippen LogP contribution in [0, 0.1) is 0 Å². The summed E-state index contributed by atoms with van der Waals surface area (Å²) in [5.74, 6) is -2.85. The van der Waals surface area contributed by atoms with Crippen LogP contribution in [0.2, 0.25) is 0 Å². The van der Waals surface area contributed by atoms with E-state index in [1.54, 1.807) is 0 Å². The average molecular weight is 368 g/mol. The molecule has 1 atom stereocenters. The second kappa shape index (κ2) is 9.30. The summed E-state index contributed by atoms with van der Waals surface area (Å²) in [5.41, 5.74) is 0. The van der Waals surface area contributed by atoms with E-state index in [-0.39, 0.29) is 6.42 Å². The van der Waals surface area contributed by atoms with Crippen molar-refractivity contribution in [3.8, 4) is 0 Å². The molecule has 7 nitrogen and oxygen atoms in total. The average Bonchev–Trinajstić information content (AvgIpc) is 2.10. The zero-order valence-corrected chi connectivity index (χ0v) is 14.4. The number of likely N-dealkylation sites (N-methyl/N-ethyl adjacent to an activating group) is 1. The van der Waals surface area contributed by atoms with E-state index in [2.05, 4.69) is 0 Å². The van der Waals surface area contributed by atoms with Crippen LogP contribution < -0.4 is 0 Å². The molecule has 0 spiro atoms. The Bertz CT molecular complexity index is 359. The van der Waals surface area contributed by atoms with Gasteiger partial charge in [-0.05, 0) is 0 Å². The minimum absolute atomic E-state index is 0.144. The number of carboxylic acids is 2. The second-order valence-electron chi connectivity index (χ2n) is 5.11. The van der Waals surface area contributed by atoms with Gasteiger partial charge in [0.15, 0.2) is 6.10 Å². The van der Waals surface area contributed by atoms with Gasteiger partial charge in [-0.1, -0.05) is 34.8 Å². The van der Waals surface area contributed by atoms with Crippen LogP contribution in [-0.4, -0.2) is 70.2 Å². The van der Waals surface area contributed by atoms with Gasteiger partial charge in [-0.15, -0.1) is 0 Å². The quantitative estimate of drug-likeness (QED) is 0.434. The van der Waals surface area contributed by atoms with Crippen LogP contribution in [0.1, 0.15) is 13.3 Å². The first-order chi connectivity index (χ1) is 9.15. The number of hydrogen-bond acceptors (Lipinski definition) is 4. The fourth-order valence-corrected chi connectivity index (χ4v) is 1.18. The maximum absolute atomic E-state index is 10.7. The van der Waals surface area contributed by atoms with Crippen molar-refractivity contribution in [1.82, 2.24) is 0 Å². The first-order valence-electron chi connectivity index (χ1n) is 5.64. The molecule has 0 fully saturated rings. The van der Waals surface area contributed by atoms with Gasteiger partial charge >= 0.3 is 17.9 Å². The van der Waals surface area contributed by atoms with E-state index in [1.165, 1.54) is 6.92 Å². The van der Waals surface area contributed by atoms with Crippen molar-refractivity contribution < 1.29 is 33.8 Å². The summed E-state index contributed by atoms with van der Waals surface area (Å²) < 4.78 is 3.30. The lowest BCUT2D eigenvalue weighted by Crippen LogP contribution is -2.43. The summed E-state index contributed by atoms with van der Waals surface area (Å²) in [5, 5.41) is 16.4. The predicted octanol–water partition coefficient (Wildman–Crippen LogP) is 1.54. The number of alkyl halides is 3. The zero-order valence-electron chi connectivity index (χ0n) is 12.1. The number of halogens is 3. The fourth-order valence-electron chi connectivity index (χ4n) is 1.18. The largest absolute Gasteiger partial charge is 0.481 e. The highest BCUT2D eigenvalue weighted by Gasteiger charge is 2.29. The Labute approximate surface area is 137 Å². The molecule has 0 saturated heterocycles. The first-order valence-corrected chi connectivity index (χ1v) is 6.78. The molecule has 0 bridgehead atoms. The molecule has 0 aliphatic heterocycles. The van der Waals surface area contributed by atoms with Gasteiger partial charge in [0.2, 0.25) is 0 Å². The van der Waals surface area contributed by atoms with E-state index in [9.17, 15) is 14.4 Å². The predicted molar refractivity (Wildman–Crippen MR) is 78.6 cm³/mol. The summed E-state index contributed by atoms with van der Waals surface area (Å²) in [4.78, 5) is 30.8. The van der Waals surface area contributed by atoms with Gasteiger partial charge in [-0.2, -0.15) is 0 Å². The molecule has 2 N–H and O–H groups in total. The number of quaternary nitrogens is 1. The van der Waals surface area contributed by atoms with Crippen LogP contribution in [0.15, 0.2) is 0 Å². The number of hydrogen-bond donors (Lipinski definition) is 2. The molecule has 21 heavy (non-hydrogen) atoms. The maximum Gasteiger partial charge on any atom is 0.356 e. The number of ether oxygens (including phenoxy) is 1. The zero-order chi connectivity index (χ0) is 17.4. The van der Waals surface area contributed by atoms with Crippen molar-refractivity contribution >= 4 is 52.7 Å². The Hall–Kier alpha value is -0.760. The van der Waals surface area contributed by atoms with Crippen LogP contribution >= 0.6 is 34.8 Å². The van der Waals surface area contributed by atoms with Crippen molar-refractivity contribution in [1.29, 1.82) is 0 Å². The van der Waals surface area contributed by atoms with Crippen LogP contribution in [0.4, 0.5) is 0 Å². The number of carbonyl (C=O) groups excluding carboxylic acids is 1. The normalized spacial score (nSPS) is 12.7. The highest BCUT2D eigenvalue weighted by molar-refractivity contribution is 6.75. The van der Waals surface area contributed by atoms with Crippen LogP contribution in [-0.2, 0) is 19.1 Å². The Morgan fingerprint density at radius 1 is 1.14 bits per heavy atom. The number of rotatable bonds is 5. The van der Waals surface area contributed by atoms with E-state index in [0.29, 0.717) is 11.0 Å². The molecule has 0 aliphatic carbocycles. The van der Waals surface area contributed by atoms with Gasteiger partial charge in [-0.25, -0.2) is 4.79 Å². The second-order valence-corrected chi connectivity index (χ2v) is 7.39. The van der Waals surface area contributed by atoms with Gasteiger partial charge in [0.25, 0.3) is 3.79 Å². The Balaban J connectivity index is 0. The molecule has 0 aromatic rings. The van der Waals surface area contributed by atoms with Crippen molar-refractivity contribution in [2.75, 3.05) is 27.7 Å². The molecule has 0 unspecified atom stereocenters. The van der Waals surface area contributed by atoms with Gasteiger partial charge in [0.1, 0.15) is 6.54 Å². The third-order valence-electron chi connectivity index (χ3n) is 1.73. The van der Waals surface area contributed by atoms with E-state index in [4.69, 9.17) is 49.8 Å². The molecule has 0 aliphatic rings. The fraction of sp³-hybridized carbons (Fsp3) is 0.727. The number of aliphatic carboxylic acids is 2. The first kappa shape index (κ1) is 22.5. The van der Waals surface area contributed by atoms with Crippen LogP contribution in [0.3, 0.4) is 0 Å². The molecule has 0 aromatic heterocycles. The van der Waals surface area contributed by atoms with E-state index in [1.807, 2.05) is 21.1 Å². The molecule has 0 rings (SSSR count). The monoisotopic (exact) mass is 366 g/mol. The number of carbonyl (C=O) groups is 3. The molecule has 0 aromatic carbocycles. The number of esters is 1. The Morgan fingerprint density at radius 2 is 1.52 bits per heavy atom. The highest BCUT2D eigenvalue weighted by Crippen LogP contribution is 2.25. The van der Waals surface area contributed by atoms with Gasteiger partial charge in [0, 0.05) is 6.92 Å². The standard InChI is InChI=1S/C9H17NO4.C2HCl3O2/c1-7(11)14-8(5-9(12)13)6-10(2,3)4;3-2(4,5)1(6)7/h8H,5-6H2,1-4H3;(H,6,7)/p+1/t8-;/m1./s1. The molecule has 0 radical (unpaired) electrons. The van der Waals surface area contributed by atoms with Crippen molar-refractivity contribution in [3.05, 3.63) is 0 Å². The topological polar surface area (TPSA) is 101 Å². The lowest BCUT2D eigenvalue weighted by Gasteiger charge is -2.28. The number of carboxylic acid groups (broad SMARTS) is 2. The summed E-state index contributed by atoms with van der Waals surface area (Å²) in [6.45, 7) is 1.77. The molecule has 0 amide bonds. The van der Waals surface area contributed by atoms with Crippen molar-refractivity contribution in [2.24, 2.45) is 0 Å². The molecule has 0 heterocycles. The van der Waals surface area contributed by atoms with E-state index >= 15 is 0 Å². The van der Waals surface area contributed by atoms with E-state index < -0.39 is 27.8 Å². The molecule has 124 valence electrons. The summed E-state index contributed by atoms with van der Waals surface area (Å²) >= 11 is 14.4. The van der Waals surface area contributed by atoms with Crippen LogP contribution in [0.5, 0.6) is 0 Å². The SMILES string of the molecule is CC(=O)O[C@H](CC(=O)O)C[N+](C)(C)C.O=C(O)C(Cl)(Cl)Cl. The minimum Gasteiger partial charge on any atom is -0.481 e. The Morgan fingerprint density at radius 3 is 1.71 bits per heavy atom. The van der Waals surface area contributed by atoms with E-state index in [0.717, 1.165) is 0 Å². The smallest absolute Gasteiger partial charge is 0.356 e. The lowest BCUT2D eigenvalue weighted by molar-refractivity contribution is -0.873. The number of nitrogens with zero attached hydrogens (tertiary/aromatic N) is 1. The molecular formula is C11H19Cl3NO6+. The van der Waals surface area contributed by atoms with Gasteiger partial charge < -0.3 is 19.4 Å². The summed E-state index contributed by atoms with van der Waals surface area (Å²) in [6, 6.07) is 0. The summed E-state index contributed by atoms with van der Waals surface area (Å²) in [7, 11) is 5.75. The van der Waals surface area contributed by atoms with Crippen LogP contribution in [0.25, 0.3) is 0 Å². The van der Waals surface area contributed by atoms with Crippen molar-refractivity contribution in [3.63, 3.8) is 0 Å². The highest BCUT2D eigenvalue weighted by atomic mass is 35.6. The third-order valence-corrected chi connectivity index (χ3v) is 2.21. The third kappa shape index (κ3) is 17.2. The summed E-state index contributed by atoms with van der Waals surface area (Å²) in [6.07, 6.45) is -0.695. The van der Waals surface area contributed by atoms with Gasteiger partial charge in [0.05, 0.1) is 27.6 Å². The maximum atomic E-state index is 10.7. The Kier molecular flexibility index (Phi) is 9.97.